The Labute approximate surface area is 168 Å². The van der Waals surface area contributed by atoms with Gasteiger partial charge in [-0.2, -0.15) is 0 Å². The number of nitrogens with one attached hydrogen (secondary N) is 1. The lowest BCUT2D eigenvalue weighted by Crippen LogP contribution is -2.42. The largest absolute Gasteiger partial charge is 0.350 e. The molecule has 5 nitrogen and oxygen atoms in total. The number of carbonyl (C=O) groups is 1. The Balaban J connectivity index is 1.74. The fourth-order valence-corrected chi connectivity index (χ4v) is 3.85. The number of nitrogens with zero attached hydrogens (tertiary/aromatic N) is 3. The van der Waals surface area contributed by atoms with Crippen LogP contribution in [0.25, 0.3) is 0 Å². The minimum atomic E-state index is -0.0773. The van der Waals surface area contributed by atoms with Gasteiger partial charge in [0.25, 0.3) is 5.91 Å². The van der Waals surface area contributed by atoms with Crippen molar-refractivity contribution in [3.05, 3.63) is 59.2 Å². The average Bonchev–Trinajstić information content (AvgIpc) is 2.71. The molecule has 1 aromatic carbocycles. The van der Waals surface area contributed by atoms with Gasteiger partial charge >= 0.3 is 0 Å². The summed E-state index contributed by atoms with van der Waals surface area (Å²) in [6.07, 6.45) is 7.32. The van der Waals surface area contributed by atoms with Gasteiger partial charge in [-0.3, -0.25) is 9.69 Å². The number of aryl methyl sites for hydroxylation is 2. The second kappa shape index (κ2) is 9.78. The van der Waals surface area contributed by atoms with Crippen molar-refractivity contribution < 1.29 is 4.79 Å². The highest BCUT2D eigenvalue weighted by molar-refractivity contribution is 5.94. The average molecular weight is 381 g/mol. The number of likely N-dealkylation sites (tertiary alicyclic amines) is 1. The third kappa shape index (κ3) is 5.16. The topological polar surface area (TPSA) is 58.1 Å². The first-order valence-electron chi connectivity index (χ1n) is 10.5. The lowest BCUT2D eigenvalue weighted by Gasteiger charge is -2.37. The third-order valence-corrected chi connectivity index (χ3v) is 5.70. The van der Waals surface area contributed by atoms with E-state index >= 15 is 0 Å². The lowest BCUT2D eigenvalue weighted by molar-refractivity contribution is 0.0911. The molecule has 1 aromatic heterocycles. The second-order valence-electron chi connectivity index (χ2n) is 7.99. The zero-order valence-electron chi connectivity index (χ0n) is 17.3. The monoisotopic (exact) mass is 380 g/mol. The molecule has 1 aliphatic heterocycles. The molecule has 150 valence electrons. The summed E-state index contributed by atoms with van der Waals surface area (Å²) in [5, 5.41) is 3.16. The van der Waals surface area contributed by atoms with Crippen LogP contribution in [0.5, 0.6) is 0 Å². The number of carbonyl (C=O) groups excluding carboxylic acids is 1. The zero-order chi connectivity index (χ0) is 19.9. The predicted octanol–water partition coefficient (Wildman–Crippen LogP) is 3.94. The van der Waals surface area contributed by atoms with Crippen LogP contribution in [0.15, 0.2) is 36.8 Å². The molecular weight excluding hydrogens is 348 g/mol. The first kappa shape index (κ1) is 20.5. The molecule has 2 aromatic rings. The number of aromatic nitrogens is 2. The van der Waals surface area contributed by atoms with Crippen molar-refractivity contribution in [2.75, 3.05) is 19.6 Å². The molecule has 0 radical (unpaired) electrons. The molecule has 2 heterocycles. The molecule has 3 rings (SSSR count). The summed E-state index contributed by atoms with van der Waals surface area (Å²) in [4.78, 5) is 23.7. The molecule has 1 amide bonds. The molecule has 0 spiro atoms. The van der Waals surface area contributed by atoms with Gasteiger partial charge in [-0.1, -0.05) is 50.1 Å². The molecular formula is C23H32N4O. The van der Waals surface area contributed by atoms with Crippen LogP contribution in [0.1, 0.15) is 66.3 Å². The van der Waals surface area contributed by atoms with Gasteiger partial charge in [0.1, 0.15) is 6.33 Å². The van der Waals surface area contributed by atoms with Gasteiger partial charge in [0.15, 0.2) is 0 Å². The number of hydrogen-bond acceptors (Lipinski definition) is 4. The van der Waals surface area contributed by atoms with Crippen LogP contribution in [0, 0.1) is 12.8 Å². The smallest absolute Gasteiger partial charge is 0.254 e. The van der Waals surface area contributed by atoms with E-state index in [0.717, 1.165) is 37.5 Å². The van der Waals surface area contributed by atoms with Crippen molar-refractivity contribution in [3.63, 3.8) is 0 Å². The summed E-state index contributed by atoms with van der Waals surface area (Å²) in [6, 6.07) is 8.88. The third-order valence-electron chi connectivity index (χ3n) is 5.70. The Morgan fingerprint density at radius 1 is 1.25 bits per heavy atom. The van der Waals surface area contributed by atoms with Crippen LogP contribution in [-0.4, -0.2) is 40.4 Å². The number of benzene rings is 1. The summed E-state index contributed by atoms with van der Waals surface area (Å²) in [5.74, 6) is 0.703. The van der Waals surface area contributed by atoms with E-state index in [9.17, 15) is 4.79 Å². The maximum Gasteiger partial charge on any atom is 0.254 e. The highest BCUT2D eigenvalue weighted by Gasteiger charge is 2.25. The standard InChI is InChI=1S/C23H32N4O/c1-4-5-21-20(14-24-16-26-21)23(28)25-15-22(19-8-6-17(2)7-9-19)27-12-10-18(3)11-13-27/h6-9,14,16,18,22H,4-5,10-13,15H2,1-3H3,(H,25,28)/t22-/m1/s1. The molecule has 5 heteroatoms. The van der Waals surface area contributed by atoms with Crippen molar-refractivity contribution >= 4 is 5.91 Å². The number of rotatable bonds is 7. The van der Waals surface area contributed by atoms with Crippen molar-refractivity contribution in [2.24, 2.45) is 5.92 Å². The number of hydrogen-bond donors (Lipinski definition) is 1. The van der Waals surface area contributed by atoms with Crippen LogP contribution >= 0.6 is 0 Å². The van der Waals surface area contributed by atoms with Crippen molar-refractivity contribution in [1.29, 1.82) is 0 Å². The maximum absolute atomic E-state index is 12.9. The fourth-order valence-electron chi connectivity index (χ4n) is 3.85. The van der Waals surface area contributed by atoms with Crippen LogP contribution in [0.4, 0.5) is 0 Å². The van der Waals surface area contributed by atoms with Gasteiger partial charge in [0, 0.05) is 12.7 Å². The molecule has 1 atom stereocenters. The molecule has 1 N–H and O–H groups in total. The van der Waals surface area contributed by atoms with Crippen LogP contribution in [0.3, 0.4) is 0 Å². The van der Waals surface area contributed by atoms with Crippen LogP contribution in [-0.2, 0) is 6.42 Å². The minimum Gasteiger partial charge on any atom is -0.350 e. The summed E-state index contributed by atoms with van der Waals surface area (Å²) >= 11 is 0. The van der Waals surface area contributed by atoms with E-state index in [2.05, 4.69) is 65.2 Å². The van der Waals surface area contributed by atoms with E-state index in [0.29, 0.717) is 12.1 Å². The molecule has 1 saturated heterocycles. The Morgan fingerprint density at radius 3 is 2.64 bits per heavy atom. The summed E-state index contributed by atoms with van der Waals surface area (Å²) in [7, 11) is 0. The van der Waals surface area contributed by atoms with Crippen molar-refractivity contribution in [1.82, 2.24) is 20.2 Å². The first-order chi connectivity index (χ1) is 13.6. The number of amides is 1. The molecule has 0 saturated carbocycles. The van der Waals surface area contributed by atoms with Gasteiger partial charge in [0.2, 0.25) is 0 Å². The van der Waals surface area contributed by atoms with E-state index in [1.165, 1.54) is 30.3 Å². The number of piperidine rings is 1. The Bertz CT molecular complexity index is 766. The Kier molecular flexibility index (Phi) is 7.15. The summed E-state index contributed by atoms with van der Waals surface area (Å²) in [5.41, 5.74) is 3.94. The van der Waals surface area contributed by atoms with Crippen LogP contribution < -0.4 is 5.32 Å². The van der Waals surface area contributed by atoms with Crippen LogP contribution in [0.2, 0.25) is 0 Å². The first-order valence-corrected chi connectivity index (χ1v) is 10.5. The van der Waals surface area contributed by atoms with Gasteiger partial charge in [0.05, 0.1) is 17.3 Å². The maximum atomic E-state index is 12.9. The lowest BCUT2D eigenvalue weighted by atomic mass is 9.95. The van der Waals surface area contributed by atoms with Gasteiger partial charge < -0.3 is 5.32 Å². The van der Waals surface area contributed by atoms with Gasteiger partial charge in [-0.05, 0) is 50.8 Å². The van der Waals surface area contributed by atoms with E-state index < -0.39 is 0 Å². The molecule has 0 bridgehead atoms. The second-order valence-corrected chi connectivity index (χ2v) is 7.99. The predicted molar refractivity (Wildman–Crippen MR) is 112 cm³/mol. The molecule has 28 heavy (non-hydrogen) atoms. The fraction of sp³-hybridized carbons (Fsp3) is 0.522. The van der Waals surface area contributed by atoms with E-state index in [-0.39, 0.29) is 11.9 Å². The zero-order valence-corrected chi connectivity index (χ0v) is 17.3. The SMILES string of the molecule is CCCc1ncncc1C(=O)NC[C@H](c1ccc(C)cc1)N1CCC(C)CC1. The quantitative estimate of drug-likeness (QED) is 0.790. The molecule has 1 fully saturated rings. The van der Waals surface area contributed by atoms with Gasteiger partial charge in [-0.15, -0.1) is 0 Å². The Morgan fingerprint density at radius 2 is 1.96 bits per heavy atom. The normalized spacial score (nSPS) is 16.7. The van der Waals surface area contributed by atoms with E-state index in [1.54, 1.807) is 6.20 Å². The summed E-state index contributed by atoms with van der Waals surface area (Å²) < 4.78 is 0. The molecule has 0 aliphatic carbocycles. The van der Waals surface area contributed by atoms with E-state index in [1.807, 2.05) is 0 Å². The highest BCUT2D eigenvalue weighted by atomic mass is 16.1. The van der Waals surface area contributed by atoms with Gasteiger partial charge in [-0.25, -0.2) is 9.97 Å². The van der Waals surface area contributed by atoms with Crippen molar-refractivity contribution in [2.45, 2.75) is 52.5 Å². The minimum absolute atomic E-state index is 0.0773. The molecule has 1 aliphatic rings. The summed E-state index contributed by atoms with van der Waals surface area (Å²) in [6.45, 7) is 9.26. The highest BCUT2D eigenvalue weighted by Crippen LogP contribution is 2.26. The van der Waals surface area contributed by atoms with E-state index in [4.69, 9.17) is 0 Å². The Hall–Kier alpha value is -2.27. The molecule has 0 unspecified atom stereocenters. The van der Waals surface area contributed by atoms with Crippen molar-refractivity contribution in [3.8, 4) is 0 Å².